The summed E-state index contributed by atoms with van der Waals surface area (Å²) in [7, 11) is 0. The first kappa shape index (κ1) is 14.1. The van der Waals surface area contributed by atoms with Gasteiger partial charge in [-0.1, -0.05) is 52.8 Å². The van der Waals surface area contributed by atoms with Crippen molar-refractivity contribution in [3.63, 3.8) is 0 Å². The van der Waals surface area contributed by atoms with Crippen LogP contribution in [-0.4, -0.2) is 18.9 Å². The van der Waals surface area contributed by atoms with Crippen LogP contribution in [-0.2, 0) is 10.2 Å². The lowest BCUT2D eigenvalue weighted by molar-refractivity contribution is -0.127. The molecule has 0 atom stereocenters. The Morgan fingerprint density at radius 2 is 1.79 bits per heavy atom. The number of benzene rings is 1. The summed E-state index contributed by atoms with van der Waals surface area (Å²) in [6.45, 7) is 12.3. The Balaban J connectivity index is 2.32. The van der Waals surface area contributed by atoms with E-state index in [1.165, 1.54) is 11.3 Å². The standard InChI is InChI=1S/C17H25NO/c1-16(2,3)13-8-6-7-9-14(13)18-11-10-17(4,5)15(19)12-18/h6-9H,10-12H2,1-5H3. The molecule has 1 saturated heterocycles. The number of carbonyl (C=O) groups excluding carboxylic acids is 1. The van der Waals surface area contributed by atoms with Gasteiger partial charge in [0.05, 0.1) is 6.54 Å². The van der Waals surface area contributed by atoms with Crippen molar-refractivity contribution >= 4 is 11.5 Å². The molecule has 0 spiro atoms. The first-order chi connectivity index (χ1) is 8.72. The van der Waals surface area contributed by atoms with Crippen LogP contribution in [0.25, 0.3) is 0 Å². The van der Waals surface area contributed by atoms with E-state index in [0.717, 1.165) is 13.0 Å². The molecule has 0 saturated carbocycles. The number of Topliss-reactive ketones (excluding diaryl/α,β-unsaturated/α-hetero) is 1. The predicted octanol–water partition coefficient (Wildman–Crippen LogP) is 3.79. The molecular formula is C17H25NO. The molecule has 2 nitrogen and oxygen atoms in total. The summed E-state index contributed by atoms with van der Waals surface area (Å²) >= 11 is 0. The van der Waals surface area contributed by atoms with Gasteiger partial charge in [0, 0.05) is 17.6 Å². The van der Waals surface area contributed by atoms with Crippen molar-refractivity contribution in [2.45, 2.75) is 46.5 Å². The molecule has 2 heteroatoms. The van der Waals surface area contributed by atoms with Crippen LogP contribution < -0.4 is 4.90 Å². The quantitative estimate of drug-likeness (QED) is 0.765. The number of carbonyl (C=O) groups is 1. The van der Waals surface area contributed by atoms with Crippen molar-refractivity contribution in [1.29, 1.82) is 0 Å². The van der Waals surface area contributed by atoms with Crippen LogP contribution in [0.4, 0.5) is 5.69 Å². The fourth-order valence-electron chi connectivity index (χ4n) is 2.61. The predicted molar refractivity (Wildman–Crippen MR) is 80.8 cm³/mol. The maximum Gasteiger partial charge on any atom is 0.157 e. The number of anilines is 1. The van der Waals surface area contributed by atoms with E-state index in [9.17, 15) is 4.79 Å². The Morgan fingerprint density at radius 3 is 2.37 bits per heavy atom. The normalized spacial score (nSPS) is 19.6. The number of ketones is 1. The molecule has 0 aliphatic carbocycles. The lowest BCUT2D eigenvalue weighted by Gasteiger charge is -2.39. The summed E-state index contributed by atoms with van der Waals surface area (Å²) in [5, 5.41) is 0. The van der Waals surface area contributed by atoms with Crippen molar-refractivity contribution in [3.05, 3.63) is 29.8 Å². The van der Waals surface area contributed by atoms with Crippen LogP contribution in [0.2, 0.25) is 0 Å². The Kier molecular flexibility index (Phi) is 3.46. The van der Waals surface area contributed by atoms with Gasteiger partial charge in [0.2, 0.25) is 0 Å². The number of nitrogens with zero attached hydrogens (tertiary/aromatic N) is 1. The molecule has 1 aromatic rings. The van der Waals surface area contributed by atoms with Gasteiger partial charge in [-0.25, -0.2) is 0 Å². The number of rotatable bonds is 1. The fraction of sp³-hybridized carbons (Fsp3) is 0.588. The average Bonchev–Trinajstić information content (AvgIpc) is 2.32. The van der Waals surface area contributed by atoms with Gasteiger partial charge in [-0.2, -0.15) is 0 Å². The highest BCUT2D eigenvalue weighted by atomic mass is 16.1. The molecule has 1 heterocycles. The van der Waals surface area contributed by atoms with Crippen LogP contribution in [0.1, 0.15) is 46.6 Å². The van der Waals surface area contributed by atoms with Crippen LogP contribution in [0, 0.1) is 5.41 Å². The zero-order chi connectivity index (χ0) is 14.3. The molecule has 2 rings (SSSR count). The third-order valence-corrected chi connectivity index (χ3v) is 4.15. The van der Waals surface area contributed by atoms with E-state index in [1.54, 1.807) is 0 Å². The van der Waals surface area contributed by atoms with Gasteiger partial charge in [0.1, 0.15) is 0 Å². The van der Waals surface area contributed by atoms with E-state index in [0.29, 0.717) is 12.3 Å². The molecule has 19 heavy (non-hydrogen) atoms. The summed E-state index contributed by atoms with van der Waals surface area (Å²) in [6, 6.07) is 8.47. The van der Waals surface area contributed by atoms with Crippen LogP contribution in [0.5, 0.6) is 0 Å². The van der Waals surface area contributed by atoms with Crippen molar-refractivity contribution in [1.82, 2.24) is 0 Å². The van der Waals surface area contributed by atoms with Gasteiger partial charge < -0.3 is 4.90 Å². The molecule has 0 N–H and O–H groups in total. The minimum atomic E-state index is -0.160. The summed E-state index contributed by atoms with van der Waals surface area (Å²) in [6.07, 6.45) is 0.935. The number of piperidine rings is 1. The third kappa shape index (κ3) is 2.83. The molecule has 0 amide bonds. The van der Waals surface area contributed by atoms with E-state index in [1.807, 2.05) is 0 Å². The van der Waals surface area contributed by atoms with Crippen molar-refractivity contribution in [2.24, 2.45) is 5.41 Å². The van der Waals surface area contributed by atoms with Gasteiger partial charge in [-0.15, -0.1) is 0 Å². The Labute approximate surface area is 116 Å². The number of hydrogen-bond acceptors (Lipinski definition) is 2. The second-order valence-electron chi connectivity index (χ2n) is 7.25. The van der Waals surface area contributed by atoms with E-state index >= 15 is 0 Å². The van der Waals surface area contributed by atoms with E-state index in [2.05, 4.69) is 63.8 Å². The summed E-state index contributed by atoms with van der Waals surface area (Å²) in [5.74, 6) is 0.350. The van der Waals surface area contributed by atoms with Crippen molar-refractivity contribution < 1.29 is 4.79 Å². The van der Waals surface area contributed by atoms with Crippen molar-refractivity contribution in [3.8, 4) is 0 Å². The molecule has 1 aliphatic heterocycles. The molecule has 0 aromatic heterocycles. The molecule has 1 aromatic carbocycles. The zero-order valence-electron chi connectivity index (χ0n) is 12.8. The average molecular weight is 259 g/mol. The van der Waals surface area contributed by atoms with Gasteiger partial charge in [-0.3, -0.25) is 4.79 Å². The lowest BCUT2D eigenvalue weighted by atomic mass is 9.80. The summed E-state index contributed by atoms with van der Waals surface area (Å²) in [5.41, 5.74) is 2.49. The fourth-order valence-corrected chi connectivity index (χ4v) is 2.61. The molecule has 0 radical (unpaired) electrons. The largest absolute Gasteiger partial charge is 0.364 e. The monoisotopic (exact) mass is 259 g/mol. The van der Waals surface area contributed by atoms with Gasteiger partial charge >= 0.3 is 0 Å². The smallest absolute Gasteiger partial charge is 0.157 e. The molecule has 0 bridgehead atoms. The Bertz CT molecular complexity index is 482. The summed E-state index contributed by atoms with van der Waals surface area (Å²) < 4.78 is 0. The lowest BCUT2D eigenvalue weighted by Crippen LogP contribution is -2.45. The molecular weight excluding hydrogens is 234 g/mol. The molecule has 104 valence electrons. The SMILES string of the molecule is CC1(C)CCN(c2ccccc2C(C)(C)C)CC1=O. The van der Waals surface area contributed by atoms with E-state index in [4.69, 9.17) is 0 Å². The van der Waals surface area contributed by atoms with Crippen LogP contribution >= 0.6 is 0 Å². The third-order valence-electron chi connectivity index (χ3n) is 4.15. The van der Waals surface area contributed by atoms with Crippen LogP contribution in [0.3, 0.4) is 0 Å². The first-order valence-corrected chi connectivity index (χ1v) is 7.09. The van der Waals surface area contributed by atoms with Gasteiger partial charge in [0.25, 0.3) is 0 Å². The second kappa shape index (κ2) is 4.66. The highest BCUT2D eigenvalue weighted by molar-refractivity contribution is 5.89. The van der Waals surface area contributed by atoms with Gasteiger partial charge in [0.15, 0.2) is 5.78 Å². The maximum absolute atomic E-state index is 12.2. The Morgan fingerprint density at radius 1 is 1.16 bits per heavy atom. The minimum Gasteiger partial charge on any atom is -0.364 e. The summed E-state index contributed by atoms with van der Waals surface area (Å²) in [4.78, 5) is 14.5. The molecule has 1 fully saturated rings. The number of para-hydroxylation sites is 1. The van der Waals surface area contributed by atoms with Crippen LogP contribution in [0.15, 0.2) is 24.3 Å². The highest BCUT2D eigenvalue weighted by Gasteiger charge is 2.34. The number of hydrogen-bond donors (Lipinski definition) is 0. The second-order valence-corrected chi connectivity index (χ2v) is 7.25. The van der Waals surface area contributed by atoms with E-state index in [-0.39, 0.29) is 10.8 Å². The molecule has 0 unspecified atom stereocenters. The zero-order valence-corrected chi connectivity index (χ0v) is 12.8. The highest BCUT2D eigenvalue weighted by Crippen LogP contribution is 2.35. The Hall–Kier alpha value is -1.31. The maximum atomic E-state index is 12.2. The van der Waals surface area contributed by atoms with E-state index < -0.39 is 0 Å². The minimum absolute atomic E-state index is 0.104. The topological polar surface area (TPSA) is 20.3 Å². The van der Waals surface area contributed by atoms with Gasteiger partial charge in [-0.05, 0) is 23.5 Å². The molecule has 1 aliphatic rings. The van der Waals surface area contributed by atoms with Crippen molar-refractivity contribution in [2.75, 3.05) is 18.0 Å². The first-order valence-electron chi connectivity index (χ1n) is 7.09.